The summed E-state index contributed by atoms with van der Waals surface area (Å²) in [6.07, 6.45) is 4.64. The lowest BCUT2D eigenvalue weighted by molar-refractivity contribution is -0.136. The topological polar surface area (TPSA) is 62.3 Å². The van der Waals surface area contributed by atoms with Crippen LogP contribution in [0, 0.1) is 0 Å². The van der Waals surface area contributed by atoms with Crippen LogP contribution >= 0.6 is 23.1 Å². The molecule has 2 heterocycles. The first-order valence-corrected chi connectivity index (χ1v) is 9.84. The van der Waals surface area contributed by atoms with Crippen molar-refractivity contribution in [3.8, 4) is 0 Å². The van der Waals surface area contributed by atoms with E-state index in [1.54, 1.807) is 23.3 Å². The Morgan fingerprint density at radius 3 is 2.83 bits per heavy atom. The van der Waals surface area contributed by atoms with E-state index < -0.39 is 10.8 Å². The monoisotopic (exact) mass is 353 g/mol. The molecule has 0 bridgehead atoms. The van der Waals surface area contributed by atoms with E-state index in [2.05, 4.69) is 10.3 Å². The van der Waals surface area contributed by atoms with E-state index in [9.17, 15) is 9.59 Å². The predicted octanol–water partition coefficient (Wildman–Crippen LogP) is 1.99. The van der Waals surface area contributed by atoms with Crippen LogP contribution in [0.15, 0.2) is 0 Å². The third kappa shape index (κ3) is 3.55. The van der Waals surface area contributed by atoms with Crippen LogP contribution in [0.4, 0.5) is 0 Å². The Morgan fingerprint density at radius 1 is 1.39 bits per heavy atom. The van der Waals surface area contributed by atoms with Crippen molar-refractivity contribution in [2.75, 3.05) is 12.8 Å². The molecule has 0 unspecified atom stereocenters. The SMILES string of the molecule is CN(Cc1nc2c(s1)CCCC2)C(=O)[C@H]1CSC(C)(C)C(=O)N1. The molecule has 5 nitrogen and oxygen atoms in total. The second kappa shape index (κ2) is 6.43. The number of hydrogen-bond acceptors (Lipinski definition) is 5. The number of thiazole rings is 1. The highest BCUT2D eigenvalue weighted by Gasteiger charge is 2.38. The maximum atomic E-state index is 12.6. The number of nitrogens with one attached hydrogen (secondary N) is 1. The largest absolute Gasteiger partial charge is 0.342 e. The minimum atomic E-state index is -0.455. The maximum Gasteiger partial charge on any atom is 0.246 e. The van der Waals surface area contributed by atoms with Crippen LogP contribution in [0.25, 0.3) is 0 Å². The fourth-order valence-electron chi connectivity index (χ4n) is 2.88. The zero-order valence-electron chi connectivity index (χ0n) is 13.8. The summed E-state index contributed by atoms with van der Waals surface area (Å²) in [4.78, 5) is 32.4. The fourth-order valence-corrected chi connectivity index (χ4v) is 5.09. The molecule has 1 atom stereocenters. The van der Waals surface area contributed by atoms with Crippen molar-refractivity contribution in [1.29, 1.82) is 0 Å². The van der Waals surface area contributed by atoms with Gasteiger partial charge in [0.25, 0.3) is 0 Å². The molecular weight excluding hydrogens is 330 g/mol. The first-order valence-electron chi connectivity index (χ1n) is 8.04. The van der Waals surface area contributed by atoms with Crippen molar-refractivity contribution < 1.29 is 9.59 Å². The Morgan fingerprint density at radius 2 is 2.13 bits per heavy atom. The van der Waals surface area contributed by atoms with Gasteiger partial charge in [-0.25, -0.2) is 4.98 Å². The van der Waals surface area contributed by atoms with Gasteiger partial charge in [-0.15, -0.1) is 23.1 Å². The van der Waals surface area contributed by atoms with E-state index >= 15 is 0 Å². The van der Waals surface area contributed by atoms with E-state index in [1.807, 2.05) is 13.8 Å². The average Bonchev–Trinajstić information content (AvgIpc) is 2.91. The van der Waals surface area contributed by atoms with Crippen LogP contribution in [0.5, 0.6) is 0 Å². The summed E-state index contributed by atoms with van der Waals surface area (Å²) in [7, 11) is 1.79. The van der Waals surface area contributed by atoms with Crippen molar-refractivity contribution in [1.82, 2.24) is 15.2 Å². The van der Waals surface area contributed by atoms with Crippen molar-refractivity contribution in [2.24, 2.45) is 0 Å². The molecule has 2 amide bonds. The van der Waals surface area contributed by atoms with Crippen LogP contribution in [0.3, 0.4) is 0 Å². The molecular formula is C16H23N3O2S2. The summed E-state index contributed by atoms with van der Waals surface area (Å²) in [6, 6.07) is -0.430. The number of aryl methyl sites for hydroxylation is 2. The lowest BCUT2D eigenvalue weighted by atomic mass is 10.0. The number of amides is 2. The third-order valence-corrected chi connectivity index (χ3v) is 6.95. The number of aromatic nitrogens is 1. The Balaban J connectivity index is 1.62. The molecule has 0 spiro atoms. The standard InChI is InChI=1S/C16H23N3O2S2/c1-16(2)15(21)18-11(9-22-16)14(20)19(3)8-13-17-10-6-4-5-7-12(10)23-13/h11H,4-9H2,1-3H3,(H,18,21)/t11-/m1/s1. The molecule has 1 aliphatic heterocycles. The Bertz CT molecular complexity index is 603. The average molecular weight is 354 g/mol. The zero-order chi connectivity index (χ0) is 16.6. The van der Waals surface area contributed by atoms with Crippen LogP contribution in [-0.2, 0) is 29.0 Å². The first kappa shape index (κ1) is 16.8. The number of nitrogens with zero attached hydrogens (tertiary/aromatic N) is 2. The molecule has 1 aliphatic carbocycles. The molecule has 3 rings (SSSR count). The predicted molar refractivity (Wildman–Crippen MR) is 93.7 cm³/mol. The van der Waals surface area contributed by atoms with Gasteiger partial charge in [0.15, 0.2) is 0 Å². The van der Waals surface area contributed by atoms with Gasteiger partial charge in [-0.2, -0.15) is 0 Å². The van der Waals surface area contributed by atoms with Gasteiger partial charge in [0.1, 0.15) is 11.0 Å². The molecule has 1 aromatic heterocycles. The van der Waals surface area contributed by atoms with Gasteiger partial charge in [-0.1, -0.05) is 0 Å². The molecule has 23 heavy (non-hydrogen) atoms. The van der Waals surface area contributed by atoms with Gasteiger partial charge < -0.3 is 10.2 Å². The van der Waals surface area contributed by atoms with E-state index in [0.717, 1.165) is 17.8 Å². The lowest BCUT2D eigenvalue weighted by Gasteiger charge is -2.34. The summed E-state index contributed by atoms with van der Waals surface area (Å²) < 4.78 is -0.455. The molecule has 7 heteroatoms. The normalized spacial score (nSPS) is 23.1. The highest BCUT2D eigenvalue weighted by molar-refractivity contribution is 8.01. The molecule has 126 valence electrons. The fraction of sp³-hybridized carbons (Fsp3) is 0.688. The zero-order valence-corrected chi connectivity index (χ0v) is 15.5. The highest BCUT2D eigenvalue weighted by atomic mass is 32.2. The number of likely N-dealkylation sites (N-methyl/N-ethyl adjacent to an activating group) is 1. The number of thioether (sulfide) groups is 1. The molecule has 2 aliphatic rings. The number of hydrogen-bond donors (Lipinski definition) is 1. The maximum absolute atomic E-state index is 12.6. The van der Waals surface area contributed by atoms with Gasteiger partial charge in [0.2, 0.25) is 11.8 Å². The molecule has 0 saturated carbocycles. The molecule has 1 N–H and O–H groups in total. The Labute approximate surface area is 145 Å². The van der Waals surface area contributed by atoms with Gasteiger partial charge in [-0.3, -0.25) is 9.59 Å². The van der Waals surface area contributed by atoms with Crippen molar-refractivity contribution in [3.05, 3.63) is 15.6 Å². The highest BCUT2D eigenvalue weighted by Crippen LogP contribution is 2.30. The van der Waals surface area contributed by atoms with Crippen molar-refractivity contribution in [3.63, 3.8) is 0 Å². The molecule has 1 aromatic rings. The summed E-state index contributed by atoms with van der Waals surface area (Å²) in [6.45, 7) is 4.30. The molecule has 0 radical (unpaired) electrons. The summed E-state index contributed by atoms with van der Waals surface area (Å²) in [5.41, 5.74) is 1.22. The van der Waals surface area contributed by atoms with E-state index in [-0.39, 0.29) is 11.8 Å². The van der Waals surface area contributed by atoms with Gasteiger partial charge in [0, 0.05) is 17.7 Å². The number of fused-ring (bicyclic) bond motifs is 1. The van der Waals surface area contributed by atoms with Gasteiger partial charge in [0.05, 0.1) is 17.0 Å². The van der Waals surface area contributed by atoms with Crippen LogP contribution in [-0.4, -0.2) is 45.3 Å². The van der Waals surface area contributed by atoms with Gasteiger partial charge >= 0.3 is 0 Å². The summed E-state index contributed by atoms with van der Waals surface area (Å²) in [5, 5.41) is 3.86. The van der Waals surface area contributed by atoms with Gasteiger partial charge in [-0.05, 0) is 39.5 Å². The number of rotatable bonds is 3. The minimum absolute atomic E-state index is 0.0329. The van der Waals surface area contributed by atoms with Crippen molar-refractivity contribution in [2.45, 2.75) is 56.9 Å². The Hall–Kier alpha value is -1.08. The van der Waals surface area contributed by atoms with E-state index in [4.69, 9.17) is 0 Å². The van der Waals surface area contributed by atoms with Crippen molar-refractivity contribution >= 4 is 34.9 Å². The summed E-state index contributed by atoms with van der Waals surface area (Å²) in [5.74, 6) is 0.524. The summed E-state index contributed by atoms with van der Waals surface area (Å²) >= 11 is 3.27. The first-order chi connectivity index (χ1) is 10.9. The Kier molecular flexibility index (Phi) is 4.69. The van der Waals surface area contributed by atoms with Crippen LogP contribution < -0.4 is 5.32 Å². The second-order valence-electron chi connectivity index (χ2n) is 6.73. The smallest absolute Gasteiger partial charge is 0.246 e. The molecule has 1 saturated heterocycles. The second-order valence-corrected chi connectivity index (χ2v) is 9.54. The molecule has 1 fully saturated rings. The van der Waals surface area contributed by atoms with E-state index in [0.29, 0.717) is 12.3 Å². The minimum Gasteiger partial charge on any atom is -0.342 e. The number of carbonyl (C=O) groups is 2. The quantitative estimate of drug-likeness (QED) is 0.903. The van der Waals surface area contributed by atoms with E-state index in [1.165, 1.54) is 35.2 Å². The number of carbonyl (C=O) groups excluding carboxylic acids is 2. The van der Waals surface area contributed by atoms with Crippen LogP contribution in [0.2, 0.25) is 0 Å². The third-order valence-electron chi connectivity index (χ3n) is 4.40. The van der Waals surface area contributed by atoms with Crippen LogP contribution in [0.1, 0.15) is 42.3 Å². The lowest BCUT2D eigenvalue weighted by Crippen LogP contribution is -2.57. The molecule has 0 aromatic carbocycles.